The number of benzene rings is 1. The van der Waals surface area contributed by atoms with Crippen LogP contribution in [-0.2, 0) is 6.42 Å². The van der Waals surface area contributed by atoms with Gasteiger partial charge in [-0.15, -0.1) is 0 Å². The number of hydrogen-bond acceptors (Lipinski definition) is 3. The maximum Gasteiger partial charge on any atom is 0.164 e. The van der Waals surface area contributed by atoms with Crippen molar-refractivity contribution in [1.29, 1.82) is 0 Å². The third kappa shape index (κ3) is 2.68. The first-order chi connectivity index (χ1) is 9.24. The number of nitrogens with one attached hydrogen (secondary N) is 1. The highest BCUT2D eigenvalue weighted by atomic mass is 19.1. The molecule has 2 aliphatic heterocycles. The van der Waals surface area contributed by atoms with Gasteiger partial charge in [0.1, 0.15) is 19.4 Å². The molecule has 0 saturated carbocycles. The van der Waals surface area contributed by atoms with E-state index in [9.17, 15) is 4.39 Å². The molecule has 2 heterocycles. The van der Waals surface area contributed by atoms with Gasteiger partial charge in [0.05, 0.1) is 0 Å². The molecule has 0 aliphatic carbocycles. The standard InChI is InChI=1S/C15H20FNO2/c1-10(16)11-7-12(8-13-3-2-4-17-13)15-14(9-11)18-5-6-19-15/h7,9-10,13,17H,2-6,8H2,1H3. The lowest BCUT2D eigenvalue weighted by atomic mass is 9.99. The Kier molecular flexibility index (Phi) is 3.60. The molecule has 2 unspecified atom stereocenters. The summed E-state index contributed by atoms with van der Waals surface area (Å²) in [6.07, 6.45) is 2.28. The molecule has 1 aromatic carbocycles. The fourth-order valence-electron chi connectivity index (χ4n) is 2.83. The zero-order chi connectivity index (χ0) is 13.2. The van der Waals surface area contributed by atoms with Gasteiger partial charge in [0.2, 0.25) is 0 Å². The molecule has 0 radical (unpaired) electrons. The van der Waals surface area contributed by atoms with Crippen LogP contribution in [0.15, 0.2) is 12.1 Å². The maximum atomic E-state index is 13.6. The van der Waals surface area contributed by atoms with Gasteiger partial charge in [-0.1, -0.05) is 0 Å². The Labute approximate surface area is 113 Å². The summed E-state index contributed by atoms with van der Waals surface area (Å²) in [7, 11) is 0. The normalized spacial score (nSPS) is 23.4. The lowest BCUT2D eigenvalue weighted by Crippen LogP contribution is -2.25. The maximum absolute atomic E-state index is 13.6. The molecule has 3 nitrogen and oxygen atoms in total. The van der Waals surface area contributed by atoms with E-state index in [1.807, 2.05) is 6.07 Å². The minimum absolute atomic E-state index is 0.472. The first-order valence-corrected chi connectivity index (χ1v) is 7.04. The van der Waals surface area contributed by atoms with Crippen LogP contribution in [0.25, 0.3) is 0 Å². The van der Waals surface area contributed by atoms with Crippen LogP contribution < -0.4 is 14.8 Å². The van der Waals surface area contributed by atoms with Crippen LogP contribution in [0.1, 0.15) is 37.1 Å². The number of alkyl halides is 1. The molecular formula is C15H20FNO2. The van der Waals surface area contributed by atoms with Crippen LogP contribution in [0, 0.1) is 0 Å². The minimum Gasteiger partial charge on any atom is -0.486 e. The molecule has 0 bridgehead atoms. The van der Waals surface area contributed by atoms with Gasteiger partial charge < -0.3 is 14.8 Å². The van der Waals surface area contributed by atoms with Crippen molar-refractivity contribution in [2.45, 2.75) is 38.4 Å². The fraction of sp³-hybridized carbons (Fsp3) is 0.600. The van der Waals surface area contributed by atoms with Crippen LogP contribution in [0.2, 0.25) is 0 Å². The van der Waals surface area contributed by atoms with Crippen molar-refractivity contribution in [3.05, 3.63) is 23.3 Å². The van der Waals surface area contributed by atoms with Gasteiger partial charge in [-0.25, -0.2) is 4.39 Å². The summed E-state index contributed by atoms with van der Waals surface area (Å²) in [4.78, 5) is 0. The summed E-state index contributed by atoms with van der Waals surface area (Å²) in [5, 5.41) is 3.47. The number of rotatable bonds is 3. The molecule has 19 heavy (non-hydrogen) atoms. The molecule has 2 aliphatic rings. The minimum atomic E-state index is -0.980. The largest absolute Gasteiger partial charge is 0.486 e. The van der Waals surface area contributed by atoms with Crippen molar-refractivity contribution >= 4 is 0 Å². The second kappa shape index (κ2) is 5.37. The van der Waals surface area contributed by atoms with Gasteiger partial charge in [0, 0.05) is 6.04 Å². The smallest absolute Gasteiger partial charge is 0.164 e. The molecule has 2 atom stereocenters. The van der Waals surface area contributed by atoms with Gasteiger partial charge in [0.25, 0.3) is 0 Å². The zero-order valence-corrected chi connectivity index (χ0v) is 11.2. The summed E-state index contributed by atoms with van der Waals surface area (Å²) < 4.78 is 24.9. The van der Waals surface area contributed by atoms with E-state index in [1.165, 1.54) is 12.8 Å². The molecule has 0 aromatic heterocycles. The quantitative estimate of drug-likeness (QED) is 0.911. The highest BCUT2D eigenvalue weighted by Gasteiger charge is 2.23. The highest BCUT2D eigenvalue weighted by molar-refractivity contribution is 5.51. The Hall–Kier alpha value is -1.29. The molecule has 0 amide bonds. The summed E-state index contributed by atoms with van der Waals surface area (Å²) in [5.74, 6) is 1.51. The zero-order valence-electron chi connectivity index (χ0n) is 11.2. The molecule has 0 spiro atoms. The average molecular weight is 265 g/mol. The van der Waals surface area contributed by atoms with Gasteiger partial charge in [-0.2, -0.15) is 0 Å². The molecule has 4 heteroatoms. The van der Waals surface area contributed by atoms with E-state index in [2.05, 4.69) is 5.32 Å². The van der Waals surface area contributed by atoms with E-state index in [0.29, 0.717) is 30.6 Å². The predicted octanol–water partition coefficient (Wildman–Crippen LogP) is 2.78. The van der Waals surface area contributed by atoms with Crippen LogP contribution in [-0.4, -0.2) is 25.8 Å². The summed E-state index contributed by atoms with van der Waals surface area (Å²) >= 11 is 0. The molecule has 104 valence electrons. The van der Waals surface area contributed by atoms with Gasteiger partial charge in [0.15, 0.2) is 11.5 Å². The summed E-state index contributed by atoms with van der Waals surface area (Å²) in [6, 6.07) is 4.17. The Balaban J connectivity index is 1.92. The van der Waals surface area contributed by atoms with Crippen molar-refractivity contribution in [1.82, 2.24) is 5.32 Å². The van der Waals surface area contributed by atoms with Crippen LogP contribution >= 0.6 is 0 Å². The van der Waals surface area contributed by atoms with E-state index in [-0.39, 0.29) is 0 Å². The SMILES string of the molecule is CC(F)c1cc(CC2CCCN2)c2c(c1)OCCO2. The Morgan fingerprint density at radius 2 is 2.21 bits per heavy atom. The molecule has 3 rings (SSSR count). The van der Waals surface area contributed by atoms with Crippen LogP contribution in [0.4, 0.5) is 4.39 Å². The van der Waals surface area contributed by atoms with Crippen molar-refractivity contribution in [3.8, 4) is 11.5 Å². The van der Waals surface area contributed by atoms with Crippen molar-refractivity contribution in [2.75, 3.05) is 19.8 Å². The molecular weight excluding hydrogens is 245 g/mol. The Morgan fingerprint density at radius 1 is 1.37 bits per heavy atom. The third-order valence-electron chi connectivity index (χ3n) is 3.83. The van der Waals surface area contributed by atoms with E-state index >= 15 is 0 Å². The Morgan fingerprint density at radius 3 is 2.95 bits per heavy atom. The monoisotopic (exact) mass is 265 g/mol. The number of halogens is 1. The highest BCUT2D eigenvalue weighted by Crippen LogP contribution is 2.38. The lowest BCUT2D eigenvalue weighted by molar-refractivity contribution is 0.169. The number of hydrogen-bond donors (Lipinski definition) is 1. The first-order valence-electron chi connectivity index (χ1n) is 7.04. The van der Waals surface area contributed by atoms with Crippen molar-refractivity contribution in [2.24, 2.45) is 0 Å². The fourth-order valence-corrected chi connectivity index (χ4v) is 2.83. The lowest BCUT2D eigenvalue weighted by Gasteiger charge is -2.24. The topological polar surface area (TPSA) is 30.5 Å². The van der Waals surface area contributed by atoms with Crippen LogP contribution in [0.5, 0.6) is 11.5 Å². The first kappa shape index (κ1) is 12.7. The van der Waals surface area contributed by atoms with Gasteiger partial charge in [-0.05, 0) is 56.0 Å². The predicted molar refractivity (Wildman–Crippen MR) is 71.7 cm³/mol. The summed E-state index contributed by atoms with van der Waals surface area (Å²) in [6.45, 7) is 3.74. The van der Waals surface area contributed by atoms with Gasteiger partial charge >= 0.3 is 0 Å². The van der Waals surface area contributed by atoms with E-state index in [4.69, 9.17) is 9.47 Å². The molecule has 1 aromatic rings. The van der Waals surface area contributed by atoms with E-state index in [1.54, 1.807) is 13.0 Å². The molecule has 1 fully saturated rings. The number of fused-ring (bicyclic) bond motifs is 1. The van der Waals surface area contributed by atoms with Gasteiger partial charge in [-0.3, -0.25) is 0 Å². The van der Waals surface area contributed by atoms with Crippen molar-refractivity contribution < 1.29 is 13.9 Å². The van der Waals surface area contributed by atoms with E-state index < -0.39 is 6.17 Å². The second-order valence-corrected chi connectivity index (χ2v) is 5.32. The Bertz CT molecular complexity index is 456. The average Bonchev–Trinajstić information content (AvgIpc) is 2.91. The molecule has 1 saturated heterocycles. The van der Waals surface area contributed by atoms with Crippen molar-refractivity contribution in [3.63, 3.8) is 0 Å². The summed E-state index contributed by atoms with van der Waals surface area (Å²) in [5.41, 5.74) is 1.74. The van der Waals surface area contributed by atoms with E-state index in [0.717, 1.165) is 24.3 Å². The third-order valence-corrected chi connectivity index (χ3v) is 3.83. The molecule has 1 N–H and O–H groups in total. The second-order valence-electron chi connectivity index (χ2n) is 5.32. The number of ether oxygens (including phenoxy) is 2. The van der Waals surface area contributed by atoms with Crippen LogP contribution in [0.3, 0.4) is 0 Å².